The molecule has 4 atom stereocenters. The van der Waals surface area contributed by atoms with Crippen molar-refractivity contribution in [2.24, 2.45) is 11.3 Å². The number of halogens is 3. The number of likely N-dealkylation sites (tertiary alicyclic amines) is 1. The second kappa shape index (κ2) is 22.6. The molecule has 2 fully saturated rings. The Bertz CT molecular complexity index is 1890. The molecule has 3 aromatic rings. The van der Waals surface area contributed by atoms with Crippen molar-refractivity contribution in [3.63, 3.8) is 0 Å². The molecule has 1 aromatic heterocycles. The van der Waals surface area contributed by atoms with Crippen molar-refractivity contribution in [3.05, 3.63) is 77.8 Å². The van der Waals surface area contributed by atoms with Crippen LogP contribution < -0.4 is 10.6 Å². The van der Waals surface area contributed by atoms with Crippen LogP contribution in [0.3, 0.4) is 0 Å². The predicted octanol–water partition coefficient (Wildman–Crippen LogP) is 3.82. The van der Waals surface area contributed by atoms with Gasteiger partial charge in [-0.25, -0.2) is 18.2 Å². The Hall–Kier alpha value is -4.78. The number of aliphatic hydroxyl groups excluding tert-OH is 1. The zero-order chi connectivity index (χ0) is 43.1. The van der Waals surface area contributed by atoms with E-state index >= 15 is 8.78 Å². The fourth-order valence-corrected chi connectivity index (χ4v) is 8.29. The highest BCUT2D eigenvalue weighted by atomic mass is 32.2. The molecule has 4 N–H and O–H groups in total. The first kappa shape index (κ1) is 46.9. The monoisotopic (exact) mass is 846 g/mol. The number of thioether (sulfide) groups is 1. The third-order valence-electron chi connectivity index (χ3n) is 10.0. The molecule has 0 radical (unpaired) electrons. The zero-order valence-corrected chi connectivity index (χ0v) is 34.3. The van der Waals surface area contributed by atoms with Gasteiger partial charge >= 0.3 is 0 Å². The molecule has 4 unspecified atom stereocenters. The number of carbonyl (C=O) groups excluding carboxylic acids is 4. The maximum Gasteiger partial charge on any atom is 0.290 e. The molecular weight excluding hydrogens is 794 g/mol. The highest BCUT2D eigenvalue weighted by Crippen LogP contribution is 2.43. The van der Waals surface area contributed by atoms with Crippen LogP contribution in [0.25, 0.3) is 11.3 Å². The summed E-state index contributed by atoms with van der Waals surface area (Å²) in [6, 6.07) is 11.3. The standard InChI is InChI=1S/C40H51F3N6O6S.CH2O2/c1-4-16-56-33-18-35(52)48(39(33)54)13-15-55-14-12-45-34(51)19-40(2,3)37(49(36(53)25-50)23-27-20-44-21-31(27)43)38-46-32(29-17-28(41)10-11-30(29)42)24-47(38)22-26-8-6-5-7-9-26;2-1-3/h5-11,17,24,27,31,33,37,44,50H,4,12-16,18-23,25H2,1-3H3,(H,45,51);1H,(H,2,3). The van der Waals surface area contributed by atoms with Gasteiger partial charge in [0.1, 0.15) is 30.2 Å². The summed E-state index contributed by atoms with van der Waals surface area (Å²) in [7, 11) is 0. The first-order valence-electron chi connectivity index (χ1n) is 19.4. The third kappa shape index (κ3) is 12.9. The van der Waals surface area contributed by atoms with Crippen molar-refractivity contribution in [2.45, 2.75) is 64.0 Å². The van der Waals surface area contributed by atoms with Gasteiger partial charge in [-0.15, -0.1) is 11.8 Å². The van der Waals surface area contributed by atoms with Crippen LogP contribution >= 0.6 is 11.8 Å². The van der Waals surface area contributed by atoms with Gasteiger partial charge in [0.2, 0.25) is 23.6 Å². The van der Waals surface area contributed by atoms with Crippen LogP contribution in [0.5, 0.6) is 0 Å². The Morgan fingerprint density at radius 3 is 2.54 bits per heavy atom. The number of hydrogen-bond acceptors (Lipinski definition) is 10. The van der Waals surface area contributed by atoms with E-state index in [0.717, 1.165) is 35.9 Å². The van der Waals surface area contributed by atoms with Crippen LogP contribution in [0.15, 0.2) is 54.7 Å². The normalized spacial score (nSPS) is 18.4. The van der Waals surface area contributed by atoms with Gasteiger partial charge in [-0.2, -0.15) is 0 Å². The van der Waals surface area contributed by atoms with Gasteiger partial charge in [0.15, 0.2) is 0 Å². The van der Waals surface area contributed by atoms with E-state index in [2.05, 4.69) is 10.6 Å². The summed E-state index contributed by atoms with van der Waals surface area (Å²) in [4.78, 5) is 68.0. The number of imidazole rings is 1. The summed E-state index contributed by atoms with van der Waals surface area (Å²) in [5.74, 6) is -2.53. The summed E-state index contributed by atoms with van der Waals surface area (Å²) in [6.45, 7) is 5.28. The number of rotatable bonds is 20. The van der Waals surface area contributed by atoms with Crippen molar-refractivity contribution in [1.29, 1.82) is 0 Å². The second-order valence-electron chi connectivity index (χ2n) is 14.9. The van der Waals surface area contributed by atoms with E-state index in [4.69, 9.17) is 19.6 Å². The second-order valence-corrected chi connectivity index (χ2v) is 16.3. The molecule has 322 valence electrons. The average Bonchev–Trinajstić information content (AvgIpc) is 3.88. The molecule has 0 spiro atoms. The minimum atomic E-state index is -1.28. The van der Waals surface area contributed by atoms with Gasteiger partial charge < -0.3 is 35.1 Å². The number of hydrogen-bond donors (Lipinski definition) is 4. The molecule has 18 heteroatoms. The number of nitrogens with one attached hydrogen (secondary N) is 2. The van der Waals surface area contributed by atoms with Gasteiger partial charge in [0, 0.05) is 68.7 Å². The number of nitrogens with zero attached hydrogens (tertiary/aromatic N) is 4. The van der Waals surface area contributed by atoms with Crippen LogP contribution in [0.2, 0.25) is 0 Å². The molecule has 0 saturated carbocycles. The zero-order valence-electron chi connectivity index (χ0n) is 33.5. The summed E-state index contributed by atoms with van der Waals surface area (Å²) in [6.07, 6.45) is 1.21. The fraction of sp³-hybridized carbons (Fsp3) is 0.512. The number of benzene rings is 2. The van der Waals surface area contributed by atoms with Gasteiger partial charge in [0.25, 0.3) is 6.47 Å². The molecule has 0 bridgehead atoms. The molecule has 59 heavy (non-hydrogen) atoms. The SMILES string of the molecule is CCCSC1CC(=O)N(CCOCCNC(=O)CC(C)(C)C(c2nc(-c3cc(F)ccc3F)cn2Cc2ccccc2)N(CC2CNCC2F)C(=O)CO)C1=O.O=CO. The lowest BCUT2D eigenvalue weighted by molar-refractivity contribution is -0.143. The Morgan fingerprint density at radius 1 is 1.15 bits per heavy atom. The van der Waals surface area contributed by atoms with E-state index in [1.165, 1.54) is 21.6 Å². The fourth-order valence-electron chi connectivity index (χ4n) is 7.24. The number of aliphatic hydroxyl groups is 1. The minimum absolute atomic E-state index is 0.0881. The number of ether oxygens (including phenoxy) is 1. The van der Waals surface area contributed by atoms with E-state index in [9.17, 15) is 28.7 Å². The maximum absolute atomic E-state index is 15.2. The van der Waals surface area contributed by atoms with Crippen molar-refractivity contribution in [3.8, 4) is 11.3 Å². The average molecular weight is 847 g/mol. The summed E-state index contributed by atoms with van der Waals surface area (Å²) in [5, 5.41) is 22.6. The first-order chi connectivity index (χ1) is 28.2. The van der Waals surface area contributed by atoms with E-state index in [-0.39, 0.29) is 106 Å². The molecule has 3 heterocycles. The van der Waals surface area contributed by atoms with E-state index in [1.54, 1.807) is 24.6 Å². The predicted molar refractivity (Wildman–Crippen MR) is 215 cm³/mol. The highest BCUT2D eigenvalue weighted by molar-refractivity contribution is 8.00. The summed E-state index contributed by atoms with van der Waals surface area (Å²) >= 11 is 1.48. The molecule has 2 saturated heterocycles. The Labute approximate surface area is 345 Å². The number of carboxylic acid groups (broad SMARTS) is 1. The molecule has 2 aromatic carbocycles. The molecule has 2 aliphatic heterocycles. The van der Waals surface area contributed by atoms with Crippen LogP contribution in [0, 0.1) is 23.0 Å². The van der Waals surface area contributed by atoms with Gasteiger partial charge in [-0.1, -0.05) is 51.1 Å². The summed E-state index contributed by atoms with van der Waals surface area (Å²) in [5.41, 5.74) is -0.312. The van der Waals surface area contributed by atoms with Crippen molar-refractivity contribution in [2.75, 3.05) is 58.3 Å². The van der Waals surface area contributed by atoms with E-state index < -0.39 is 53.6 Å². The van der Waals surface area contributed by atoms with Crippen molar-refractivity contribution in [1.82, 2.24) is 30.0 Å². The number of imide groups is 1. The maximum atomic E-state index is 15.2. The number of amides is 4. The number of carbonyl (C=O) groups is 5. The lowest BCUT2D eigenvalue weighted by Crippen LogP contribution is -2.49. The van der Waals surface area contributed by atoms with Crippen molar-refractivity contribution < 1.29 is 52.1 Å². The highest BCUT2D eigenvalue weighted by Gasteiger charge is 2.44. The van der Waals surface area contributed by atoms with E-state index in [0.29, 0.717) is 0 Å². The lowest BCUT2D eigenvalue weighted by atomic mass is 9.78. The summed E-state index contributed by atoms with van der Waals surface area (Å²) < 4.78 is 52.1. The van der Waals surface area contributed by atoms with Crippen LogP contribution in [0.4, 0.5) is 13.2 Å². The third-order valence-corrected chi connectivity index (χ3v) is 11.4. The lowest BCUT2D eigenvalue weighted by Gasteiger charge is -2.42. The van der Waals surface area contributed by atoms with Crippen molar-refractivity contribution >= 4 is 41.9 Å². The number of aromatic nitrogens is 2. The minimum Gasteiger partial charge on any atom is -0.483 e. The molecule has 0 aliphatic carbocycles. The largest absolute Gasteiger partial charge is 0.483 e. The Balaban J connectivity index is 0.00000248. The molecule has 2 aliphatic rings. The molecule has 4 amide bonds. The smallest absolute Gasteiger partial charge is 0.290 e. The molecule has 14 nitrogen and oxygen atoms in total. The van der Waals surface area contributed by atoms with Crippen LogP contribution in [0.1, 0.15) is 57.5 Å². The Morgan fingerprint density at radius 2 is 1.88 bits per heavy atom. The first-order valence-corrected chi connectivity index (χ1v) is 20.5. The van der Waals surface area contributed by atoms with Gasteiger partial charge in [-0.05, 0) is 35.9 Å². The Kier molecular flexibility index (Phi) is 17.9. The topological polar surface area (TPSA) is 183 Å². The number of alkyl halides is 1. The van der Waals surface area contributed by atoms with Gasteiger partial charge in [-0.3, -0.25) is 28.9 Å². The molecular formula is C41H53F3N6O8S. The quantitative estimate of drug-likeness (QED) is 0.0738. The van der Waals surface area contributed by atoms with Gasteiger partial charge in [0.05, 0.1) is 36.7 Å². The molecule has 5 rings (SSSR count). The van der Waals surface area contributed by atoms with Crippen LogP contribution in [-0.4, -0.2) is 129 Å². The van der Waals surface area contributed by atoms with Crippen LogP contribution in [-0.2, 0) is 35.3 Å². The van der Waals surface area contributed by atoms with E-state index in [1.807, 2.05) is 37.3 Å².